The van der Waals surface area contributed by atoms with Crippen LogP contribution in [0.2, 0.25) is 0 Å². The van der Waals surface area contributed by atoms with E-state index in [0.29, 0.717) is 0 Å². The van der Waals surface area contributed by atoms with Gasteiger partial charge in [0.2, 0.25) is 0 Å². The molecule has 21 heavy (non-hydrogen) atoms. The first kappa shape index (κ1) is 16.4. The van der Waals surface area contributed by atoms with Gasteiger partial charge in [0, 0.05) is 12.2 Å². The number of carboxylic acid groups (broad SMARTS) is 2. The fourth-order valence-electron chi connectivity index (χ4n) is 1.83. The van der Waals surface area contributed by atoms with Crippen LogP contribution in [-0.2, 0) is 20.9 Å². The van der Waals surface area contributed by atoms with Crippen molar-refractivity contribution in [2.24, 2.45) is 5.92 Å². The smallest absolute Gasteiger partial charge is 0.341 e. The van der Waals surface area contributed by atoms with Crippen LogP contribution in [0.4, 0.5) is 0 Å². The van der Waals surface area contributed by atoms with E-state index in [1.54, 1.807) is 0 Å². The Labute approximate surface area is 122 Å². The van der Waals surface area contributed by atoms with Crippen LogP contribution in [0.3, 0.4) is 0 Å². The molecule has 0 fully saturated rings. The Balaban J connectivity index is 3.14. The molecule has 3 N–H and O–H groups in total. The third-order valence-corrected chi connectivity index (χ3v) is 2.96. The maximum atomic E-state index is 11.5. The molecule has 1 rings (SSSR count). The second kappa shape index (κ2) is 7.23. The molecule has 0 amide bonds. The van der Waals surface area contributed by atoms with Crippen LogP contribution in [0.5, 0.6) is 0 Å². The van der Waals surface area contributed by atoms with Crippen LogP contribution in [0.15, 0.2) is 41.6 Å². The molecule has 1 unspecified atom stereocenters. The second-order valence-electron chi connectivity index (χ2n) is 4.55. The van der Waals surface area contributed by atoms with Gasteiger partial charge in [-0.1, -0.05) is 30.3 Å². The fourth-order valence-corrected chi connectivity index (χ4v) is 1.83. The van der Waals surface area contributed by atoms with E-state index in [1.807, 2.05) is 30.3 Å². The van der Waals surface area contributed by atoms with E-state index in [-0.39, 0.29) is 12.2 Å². The molecular formula is C15H17NO5. The molecule has 0 aliphatic heterocycles. The minimum Gasteiger partial charge on any atom is -0.481 e. The molecule has 1 atom stereocenters. The van der Waals surface area contributed by atoms with Crippen molar-refractivity contribution >= 4 is 17.7 Å². The van der Waals surface area contributed by atoms with Gasteiger partial charge < -0.3 is 15.5 Å². The van der Waals surface area contributed by atoms with Crippen molar-refractivity contribution in [3.8, 4) is 0 Å². The Kier molecular flexibility index (Phi) is 5.66. The van der Waals surface area contributed by atoms with E-state index in [2.05, 4.69) is 5.32 Å². The van der Waals surface area contributed by atoms with Gasteiger partial charge in [-0.2, -0.15) is 0 Å². The summed E-state index contributed by atoms with van der Waals surface area (Å²) >= 11 is 0. The van der Waals surface area contributed by atoms with Crippen molar-refractivity contribution in [2.45, 2.75) is 20.4 Å². The molecule has 0 aliphatic rings. The van der Waals surface area contributed by atoms with Crippen LogP contribution in [0.1, 0.15) is 19.4 Å². The van der Waals surface area contributed by atoms with Crippen LogP contribution >= 0.6 is 0 Å². The fraction of sp³-hybridized carbons (Fsp3) is 0.267. The first-order valence-electron chi connectivity index (χ1n) is 6.33. The molecule has 0 radical (unpaired) electrons. The lowest BCUT2D eigenvalue weighted by atomic mass is 9.99. The molecule has 0 saturated heterocycles. The summed E-state index contributed by atoms with van der Waals surface area (Å²) in [6, 6.07) is 9.07. The summed E-state index contributed by atoms with van der Waals surface area (Å²) in [4.78, 5) is 33.8. The lowest BCUT2D eigenvalue weighted by Crippen LogP contribution is -2.29. The van der Waals surface area contributed by atoms with Crippen molar-refractivity contribution in [1.29, 1.82) is 0 Å². The quantitative estimate of drug-likeness (QED) is 0.399. The molecule has 6 heteroatoms. The largest absolute Gasteiger partial charge is 0.481 e. The maximum Gasteiger partial charge on any atom is 0.341 e. The number of Topliss-reactive ketones (excluding diaryl/α,β-unsaturated/α-hetero) is 1. The van der Waals surface area contributed by atoms with Crippen LogP contribution < -0.4 is 5.32 Å². The number of rotatable bonds is 7. The van der Waals surface area contributed by atoms with Crippen molar-refractivity contribution in [2.75, 3.05) is 0 Å². The predicted molar refractivity (Wildman–Crippen MR) is 75.4 cm³/mol. The number of carbonyl (C=O) groups is 3. The zero-order valence-electron chi connectivity index (χ0n) is 11.8. The Morgan fingerprint density at radius 2 is 1.71 bits per heavy atom. The van der Waals surface area contributed by atoms with Crippen LogP contribution in [0.25, 0.3) is 0 Å². The first-order valence-corrected chi connectivity index (χ1v) is 6.33. The zero-order chi connectivity index (χ0) is 16.0. The average Bonchev–Trinajstić information content (AvgIpc) is 2.42. The van der Waals surface area contributed by atoms with E-state index < -0.39 is 29.2 Å². The molecule has 112 valence electrons. The van der Waals surface area contributed by atoms with Crippen molar-refractivity contribution in [3.63, 3.8) is 0 Å². The van der Waals surface area contributed by atoms with Gasteiger partial charge >= 0.3 is 11.9 Å². The normalized spacial score (nSPS) is 13.0. The highest BCUT2D eigenvalue weighted by Gasteiger charge is 2.26. The highest BCUT2D eigenvalue weighted by molar-refractivity contribution is 6.16. The van der Waals surface area contributed by atoms with E-state index in [9.17, 15) is 14.4 Å². The number of ketones is 1. The molecule has 1 aromatic carbocycles. The zero-order valence-corrected chi connectivity index (χ0v) is 11.8. The Morgan fingerprint density at radius 1 is 1.14 bits per heavy atom. The highest BCUT2D eigenvalue weighted by Crippen LogP contribution is 2.16. The van der Waals surface area contributed by atoms with Crippen LogP contribution in [0, 0.1) is 5.92 Å². The summed E-state index contributed by atoms with van der Waals surface area (Å²) in [5, 5.41) is 21.0. The average molecular weight is 291 g/mol. The monoisotopic (exact) mass is 291 g/mol. The standard InChI is InChI=1S/C15H17NO5/c1-9(14(18)19)13(12(10(2)17)15(20)21)16-8-11-6-4-3-5-7-11/h3-7,9,16H,8H2,1-2H3,(H,18,19)(H,20,21). The lowest BCUT2D eigenvalue weighted by molar-refractivity contribution is -0.140. The Bertz CT molecular complexity index is 561. The molecule has 0 spiro atoms. The molecule has 1 aromatic rings. The van der Waals surface area contributed by atoms with E-state index in [0.717, 1.165) is 12.5 Å². The van der Waals surface area contributed by atoms with Gasteiger partial charge in [-0.25, -0.2) is 4.79 Å². The van der Waals surface area contributed by atoms with Gasteiger partial charge in [-0.15, -0.1) is 0 Å². The number of carboxylic acids is 2. The Hall–Kier alpha value is -2.63. The molecule has 0 bridgehead atoms. The van der Waals surface area contributed by atoms with Crippen LogP contribution in [-0.4, -0.2) is 27.9 Å². The third kappa shape index (κ3) is 4.45. The molecule has 0 aromatic heterocycles. The number of hydrogen-bond donors (Lipinski definition) is 3. The number of carbonyl (C=O) groups excluding carboxylic acids is 1. The summed E-state index contributed by atoms with van der Waals surface area (Å²) in [6.45, 7) is 2.67. The van der Waals surface area contributed by atoms with E-state index >= 15 is 0 Å². The lowest BCUT2D eigenvalue weighted by Gasteiger charge is -2.17. The number of hydrogen-bond acceptors (Lipinski definition) is 4. The molecular weight excluding hydrogens is 274 g/mol. The molecule has 6 nitrogen and oxygen atoms in total. The van der Waals surface area contributed by atoms with Gasteiger partial charge in [0.25, 0.3) is 0 Å². The topological polar surface area (TPSA) is 104 Å². The first-order chi connectivity index (χ1) is 9.84. The molecule has 0 aliphatic carbocycles. The van der Waals surface area contributed by atoms with Gasteiger partial charge in [-0.3, -0.25) is 9.59 Å². The minimum absolute atomic E-state index is 0.0913. The predicted octanol–water partition coefficient (Wildman–Crippen LogP) is 1.42. The van der Waals surface area contributed by atoms with Crippen molar-refractivity contribution in [1.82, 2.24) is 5.32 Å². The summed E-state index contributed by atoms with van der Waals surface area (Å²) < 4.78 is 0. The molecule has 0 saturated carbocycles. The SMILES string of the molecule is CC(=O)C(C(=O)O)=C(NCc1ccccc1)C(C)C(=O)O. The van der Waals surface area contributed by atoms with Gasteiger partial charge in [-0.05, 0) is 19.4 Å². The van der Waals surface area contributed by atoms with Gasteiger partial charge in [0.15, 0.2) is 5.78 Å². The number of benzene rings is 1. The third-order valence-electron chi connectivity index (χ3n) is 2.96. The summed E-state index contributed by atoms with van der Waals surface area (Å²) in [7, 11) is 0. The van der Waals surface area contributed by atoms with Crippen molar-refractivity contribution in [3.05, 3.63) is 47.2 Å². The summed E-state index contributed by atoms with van der Waals surface area (Å²) in [5.74, 6) is -4.45. The van der Waals surface area contributed by atoms with E-state index in [4.69, 9.17) is 10.2 Å². The molecule has 0 heterocycles. The highest BCUT2D eigenvalue weighted by atomic mass is 16.4. The number of nitrogens with one attached hydrogen (secondary N) is 1. The van der Waals surface area contributed by atoms with Gasteiger partial charge in [0.05, 0.1) is 5.92 Å². The van der Waals surface area contributed by atoms with Gasteiger partial charge in [0.1, 0.15) is 5.57 Å². The minimum atomic E-state index is -1.44. The number of aliphatic carboxylic acids is 2. The summed E-state index contributed by atoms with van der Waals surface area (Å²) in [6.07, 6.45) is 0. The summed E-state index contributed by atoms with van der Waals surface area (Å²) in [5.41, 5.74) is 0.230. The van der Waals surface area contributed by atoms with Crippen molar-refractivity contribution < 1.29 is 24.6 Å². The van der Waals surface area contributed by atoms with E-state index in [1.165, 1.54) is 6.92 Å². The maximum absolute atomic E-state index is 11.5. The second-order valence-corrected chi connectivity index (χ2v) is 4.55. The Morgan fingerprint density at radius 3 is 2.14 bits per heavy atom.